The van der Waals surface area contributed by atoms with Crippen LogP contribution in [0.2, 0.25) is 0 Å². The van der Waals surface area contributed by atoms with Gasteiger partial charge in [-0.3, -0.25) is 19.6 Å². The average Bonchev–Trinajstić information content (AvgIpc) is 2.94. The van der Waals surface area contributed by atoms with Crippen LogP contribution in [0.25, 0.3) is 10.9 Å². The van der Waals surface area contributed by atoms with Gasteiger partial charge in [-0.1, -0.05) is 61.2 Å². The molecule has 1 aromatic heterocycles. The molecule has 1 amide bonds. The summed E-state index contributed by atoms with van der Waals surface area (Å²) in [5, 5.41) is 0.763. The topological polar surface area (TPSA) is 62.7 Å². The maximum atomic E-state index is 13.9. The van der Waals surface area contributed by atoms with Gasteiger partial charge in [0.2, 0.25) is 0 Å². The summed E-state index contributed by atoms with van der Waals surface area (Å²) in [6.07, 6.45) is 0.844. The summed E-state index contributed by atoms with van der Waals surface area (Å²) < 4.78 is 5.97. The van der Waals surface area contributed by atoms with Crippen molar-refractivity contribution in [1.29, 1.82) is 0 Å². The van der Waals surface area contributed by atoms with Gasteiger partial charge in [-0.15, -0.1) is 0 Å². The lowest BCUT2D eigenvalue weighted by Crippen LogP contribution is -2.39. The Morgan fingerprint density at radius 3 is 2.34 bits per heavy atom. The van der Waals surface area contributed by atoms with Crippen molar-refractivity contribution in [2.24, 2.45) is 0 Å². The van der Waals surface area contributed by atoms with Gasteiger partial charge in [0.05, 0.1) is 22.5 Å². The zero-order valence-corrected chi connectivity index (χ0v) is 22.3. The molecule has 4 aromatic rings. The molecule has 3 aromatic carbocycles. The van der Waals surface area contributed by atoms with Gasteiger partial charge >= 0.3 is 5.97 Å². The van der Waals surface area contributed by atoms with Crippen molar-refractivity contribution in [3.63, 3.8) is 0 Å². The van der Waals surface area contributed by atoms with Crippen LogP contribution in [0.4, 0.5) is 11.4 Å². The quantitative estimate of drug-likeness (QED) is 0.283. The maximum Gasteiger partial charge on any atom is 0.339 e. The Labute approximate surface area is 226 Å². The van der Waals surface area contributed by atoms with Gasteiger partial charge in [0.1, 0.15) is 0 Å². The third-order valence-electron chi connectivity index (χ3n) is 7.15. The summed E-state index contributed by atoms with van der Waals surface area (Å²) in [6.45, 7) is 6.35. The Balaban J connectivity index is 1.35. The van der Waals surface area contributed by atoms with Crippen LogP contribution in [0.1, 0.15) is 41.9 Å². The van der Waals surface area contributed by atoms with Crippen LogP contribution in [0.15, 0.2) is 82.6 Å². The zero-order chi connectivity index (χ0) is 26.2. The number of benzene rings is 3. The summed E-state index contributed by atoms with van der Waals surface area (Å²) in [5.41, 5.74) is 4.76. The molecule has 2 aliphatic heterocycles. The van der Waals surface area contributed by atoms with Crippen LogP contribution >= 0.6 is 11.8 Å². The first kappa shape index (κ1) is 24.6. The van der Waals surface area contributed by atoms with Gasteiger partial charge in [-0.25, -0.2) is 4.79 Å². The first-order chi connectivity index (χ1) is 18.5. The number of para-hydroxylation sites is 3. The molecule has 3 heterocycles. The molecule has 7 heteroatoms. The van der Waals surface area contributed by atoms with E-state index in [0.717, 1.165) is 69.3 Å². The average molecular weight is 524 g/mol. The minimum absolute atomic E-state index is 0.279. The standard InChI is InChI=1S/C31H29N3O3S/c1-3-17-33-18-16-24-22(19-33)29(21-10-4-5-11-23(21)32-24)31(36)37-20(2)30(35)34-25-12-6-8-14-27(25)38-28-15-9-7-13-26(28)34/h4-15,20H,3,16-19H2,1-2H3. The molecule has 0 aliphatic carbocycles. The van der Waals surface area contributed by atoms with Crippen LogP contribution in [0.5, 0.6) is 0 Å². The number of hydrogen-bond donors (Lipinski definition) is 0. The number of fused-ring (bicyclic) bond motifs is 4. The van der Waals surface area contributed by atoms with Crippen molar-refractivity contribution >= 4 is 45.9 Å². The molecule has 0 fully saturated rings. The lowest BCUT2D eigenvalue weighted by atomic mass is 9.95. The fourth-order valence-electron chi connectivity index (χ4n) is 5.38. The van der Waals surface area contributed by atoms with Gasteiger partial charge in [-0.05, 0) is 50.2 Å². The summed E-state index contributed by atoms with van der Waals surface area (Å²) in [5.74, 6) is -0.759. The van der Waals surface area contributed by atoms with E-state index in [1.54, 1.807) is 23.6 Å². The number of carbonyl (C=O) groups is 2. The third kappa shape index (κ3) is 4.36. The minimum atomic E-state index is -0.982. The van der Waals surface area contributed by atoms with Crippen molar-refractivity contribution in [3.05, 3.63) is 89.6 Å². The molecule has 192 valence electrons. The molecule has 0 spiro atoms. The SMILES string of the molecule is CCCN1CCc2nc3ccccc3c(C(=O)OC(C)C(=O)N3c4ccccc4Sc4ccccc43)c2C1. The number of nitrogens with zero attached hydrogens (tertiary/aromatic N) is 3. The molecule has 0 radical (unpaired) electrons. The number of aromatic nitrogens is 1. The van der Waals surface area contributed by atoms with E-state index >= 15 is 0 Å². The number of esters is 1. The molecule has 0 saturated carbocycles. The number of carbonyl (C=O) groups excluding carboxylic acids is 2. The second kappa shape index (κ2) is 10.2. The lowest BCUT2D eigenvalue weighted by Gasteiger charge is -2.33. The van der Waals surface area contributed by atoms with Crippen molar-refractivity contribution in [3.8, 4) is 0 Å². The van der Waals surface area contributed by atoms with Crippen molar-refractivity contribution in [2.75, 3.05) is 18.0 Å². The molecule has 1 atom stereocenters. The summed E-state index contributed by atoms with van der Waals surface area (Å²) in [6, 6.07) is 23.3. The highest BCUT2D eigenvalue weighted by Gasteiger charge is 2.34. The fourth-order valence-corrected chi connectivity index (χ4v) is 6.44. The maximum absolute atomic E-state index is 13.9. The molecular weight excluding hydrogens is 494 g/mol. The highest BCUT2D eigenvalue weighted by Crippen LogP contribution is 2.48. The Bertz CT molecular complexity index is 1510. The van der Waals surface area contributed by atoms with Crippen LogP contribution in [-0.4, -0.2) is 41.0 Å². The highest BCUT2D eigenvalue weighted by atomic mass is 32.2. The van der Waals surface area contributed by atoms with E-state index in [0.29, 0.717) is 12.1 Å². The molecular formula is C31H29N3O3S. The van der Waals surface area contributed by atoms with Crippen LogP contribution < -0.4 is 4.90 Å². The number of hydrogen-bond acceptors (Lipinski definition) is 6. The first-order valence-corrected chi connectivity index (χ1v) is 13.9. The summed E-state index contributed by atoms with van der Waals surface area (Å²) in [7, 11) is 0. The van der Waals surface area contributed by atoms with Crippen LogP contribution in [0, 0.1) is 0 Å². The minimum Gasteiger partial charge on any atom is -0.449 e. The Morgan fingerprint density at radius 1 is 0.974 bits per heavy atom. The van der Waals surface area contributed by atoms with Gasteiger partial charge in [-0.2, -0.15) is 0 Å². The summed E-state index contributed by atoms with van der Waals surface area (Å²) >= 11 is 1.63. The molecule has 1 unspecified atom stereocenters. The first-order valence-electron chi connectivity index (χ1n) is 13.1. The largest absolute Gasteiger partial charge is 0.449 e. The van der Waals surface area contributed by atoms with Gasteiger partial charge in [0.25, 0.3) is 5.91 Å². The van der Waals surface area contributed by atoms with Crippen molar-refractivity contribution in [2.45, 2.75) is 49.1 Å². The molecule has 0 bridgehead atoms. The van der Waals surface area contributed by atoms with Crippen molar-refractivity contribution in [1.82, 2.24) is 9.88 Å². The molecule has 38 heavy (non-hydrogen) atoms. The smallest absolute Gasteiger partial charge is 0.339 e. The second-order valence-corrected chi connectivity index (χ2v) is 10.8. The predicted octanol–water partition coefficient (Wildman–Crippen LogP) is 6.38. The number of ether oxygens (including phenoxy) is 1. The van der Waals surface area contributed by atoms with E-state index in [4.69, 9.17) is 9.72 Å². The number of amides is 1. The number of rotatable bonds is 5. The number of anilines is 2. The van der Waals surface area contributed by atoms with Gasteiger partial charge < -0.3 is 4.74 Å². The van der Waals surface area contributed by atoms with E-state index in [-0.39, 0.29) is 5.91 Å². The zero-order valence-electron chi connectivity index (χ0n) is 21.5. The van der Waals surface area contributed by atoms with E-state index in [1.807, 2.05) is 72.8 Å². The Hall–Kier alpha value is -3.68. The Morgan fingerprint density at radius 2 is 1.63 bits per heavy atom. The van der Waals surface area contributed by atoms with E-state index in [1.165, 1.54) is 0 Å². The fraction of sp³-hybridized carbons (Fsp3) is 0.258. The lowest BCUT2D eigenvalue weighted by molar-refractivity contribution is -0.125. The molecule has 6 nitrogen and oxygen atoms in total. The molecule has 2 aliphatic rings. The second-order valence-electron chi connectivity index (χ2n) is 9.71. The summed E-state index contributed by atoms with van der Waals surface area (Å²) in [4.78, 5) is 38.6. The predicted molar refractivity (Wildman–Crippen MR) is 150 cm³/mol. The van der Waals surface area contributed by atoms with E-state index < -0.39 is 12.1 Å². The van der Waals surface area contributed by atoms with Gasteiger partial charge in [0, 0.05) is 45.9 Å². The molecule has 0 saturated heterocycles. The van der Waals surface area contributed by atoms with Gasteiger partial charge in [0.15, 0.2) is 6.10 Å². The Kier molecular flexibility index (Phi) is 6.64. The third-order valence-corrected chi connectivity index (χ3v) is 8.28. The highest BCUT2D eigenvalue weighted by molar-refractivity contribution is 7.99. The molecule has 0 N–H and O–H groups in total. The van der Waals surface area contributed by atoms with Crippen molar-refractivity contribution < 1.29 is 14.3 Å². The van der Waals surface area contributed by atoms with Crippen LogP contribution in [-0.2, 0) is 22.5 Å². The molecule has 6 rings (SSSR count). The number of pyridine rings is 1. The van der Waals surface area contributed by atoms with E-state index in [2.05, 4.69) is 11.8 Å². The normalized spacial score (nSPS) is 15.4. The van der Waals surface area contributed by atoms with E-state index in [9.17, 15) is 9.59 Å². The van der Waals surface area contributed by atoms with Crippen LogP contribution in [0.3, 0.4) is 0 Å². The monoisotopic (exact) mass is 523 g/mol.